The average molecular weight is 684 g/mol. The zero-order chi connectivity index (χ0) is 35.2. The van der Waals surface area contributed by atoms with Gasteiger partial charge >= 0.3 is 0 Å². The van der Waals surface area contributed by atoms with Gasteiger partial charge in [-0.25, -0.2) is 0 Å². The Balaban J connectivity index is 1.55. The second-order valence-electron chi connectivity index (χ2n) is 15.1. The third-order valence-corrected chi connectivity index (χ3v) is 11.1. The number of carbonyl (C=O) groups excluding carboxylic acids is 6. The van der Waals surface area contributed by atoms with Crippen LogP contribution in [0.4, 0.5) is 0 Å². The van der Waals surface area contributed by atoms with Crippen LogP contribution in [0.3, 0.4) is 0 Å². The normalized spacial score (nSPS) is 23.1. The lowest BCUT2D eigenvalue weighted by Crippen LogP contribution is -2.63. The maximum absolute atomic E-state index is 14.4. The first-order valence-corrected chi connectivity index (χ1v) is 18.3. The summed E-state index contributed by atoms with van der Waals surface area (Å²) >= 11 is 1.30. The standard InChI is InChI=1S/C36H53N5O6S/c1-7-9-14-24(27(42)32(45)37-18-8-2)38-31(44)26-23-20-22(23)21-41(26)34(47)29(35(3,4)5)40-33(46)28(36(6)16-11-10-12-17-36)39-30(43)25-15-13-19-48-25/h8,13,15,19,22-24,26,28-29H,2,7,9-12,14,16-18,20-21H2,1,3-6H3,(H,37,45)(H,38,44)(H,39,43)(H,40,46)/t22-,23-,24?,26-,28+,29+/m0/s1. The molecule has 4 N–H and O–H groups in total. The number of carbonyl (C=O) groups is 6. The van der Waals surface area contributed by atoms with Gasteiger partial charge in [0.1, 0.15) is 18.1 Å². The monoisotopic (exact) mass is 683 g/mol. The summed E-state index contributed by atoms with van der Waals surface area (Å²) in [6, 6.07) is -0.154. The van der Waals surface area contributed by atoms with Gasteiger partial charge in [0.2, 0.25) is 23.5 Å². The highest BCUT2D eigenvalue weighted by Crippen LogP contribution is 2.50. The van der Waals surface area contributed by atoms with Crippen molar-refractivity contribution in [1.29, 1.82) is 0 Å². The van der Waals surface area contributed by atoms with Crippen molar-refractivity contribution in [2.75, 3.05) is 13.1 Å². The third kappa shape index (κ3) is 8.73. The molecule has 0 spiro atoms. The van der Waals surface area contributed by atoms with E-state index < -0.39 is 58.5 Å². The first-order valence-electron chi connectivity index (χ1n) is 17.4. The fourth-order valence-corrected chi connectivity index (χ4v) is 7.85. The molecule has 0 bridgehead atoms. The van der Waals surface area contributed by atoms with Gasteiger partial charge in [0.15, 0.2) is 0 Å². The molecule has 48 heavy (non-hydrogen) atoms. The number of ketones is 1. The summed E-state index contributed by atoms with van der Waals surface area (Å²) in [5.74, 6) is -3.00. The van der Waals surface area contributed by atoms with E-state index in [2.05, 4.69) is 27.8 Å². The topological polar surface area (TPSA) is 154 Å². The Labute approximate surface area is 288 Å². The molecule has 2 heterocycles. The summed E-state index contributed by atoms with van der Waals surface area (Å²) in [6.45, 7) is 13.6. The maximum Gasteiger partial charge on any atom is 0.289 e. The zero-order valence-electron chi connectivity index (χ0n) is 29.1. The number of likely N-dealkylation sites (tertiary alicyclic amines) is 1. The number of hydrogen-bond donors (Lipinski definition) is 4. The van der Waals surface area contributed by atoms with Crippen LogP contribution in [0.1, 0.15) is 102 Å². The van der Waals surface area contributed by atoms with Gasteiger partial charge in [-0.05, 0) is 59.8 Å². The molecule has 2 saturated carbocycles. The SMILES string of the molecule is C=CCNC(=O)C(=O)C(CCCC)NC(=O)[C@@H]1[C@H]2C[C@H]2CN1C(=O)[C@@H](NC(=O)[C@@H](NC(=O)c1cccs1)C1(C)CCCCC1)C(C)(C)C. The second kappa shape index (κ2) is 15.8. The van der Waals surface area contributed by atoms with Crippen LogP contribution in [-0.4, -0.2) is 77.5 Å². The summed E-state index contributed by atoms with van der Waals surface area (Å²) in [6.07, 6.45) is 8.46. The summed E-state index contributed by atoms with van der Waals surface area (Å²) in [7, 11) is 0. The minimum Gasteiger partial charge on any atom is -0.346 e. The molecule has 11 nitrogen and oxygen atoms in total. The summed E-state index contributed by atoms with van der Waals surface area (Å²) in [5, 5.41) is 13.2. The molecule has 3 aliphatic rings. The highest BCUT2D eigenvalue weighted by Gasteiger charge is 2.58. The second-order valence-corrected chi connectivity index (χ2v) is 16.0. The largest absolute Gasteiger partial charge is 0.346 e. The smallest absolute Gasteiger partial charge is 0.289 e. The van der Waals surface area contributed by atoms with Crippen LogP contribution in [0.25, 0.3) is 0 Å². The van der Waals surface area contributed by atoms with E-state index in [4.69, 9.17) is 0 Å². The lowest BCUT2D eigenvalue weighted by Gasteiger charge is -2.42. The molecule has 12 heteroatoms. The molecule has 6 atom stereocenters. The highest BCUT2D eigenvalue weighted by molar-refractivity contribution is 7.12. The zero-order valence-corrected chi connectivity index (χ0v) is 29.9. The predicted octanol–water partition coefficient (Wildman–Crippen LogP) is 3.74. The summed E-state index contributed by atoms with van der Waals surface area (Å²) < 4.78 is 0. The highest BCUT2D eigenvalue weighted by atomic mass is 32.1. The quantitative estimate of drug-likeness (QED) is 0.163. The Kier molecular flexibility index (Phi) is 12.3. The van der Waals surface area contributed by atoms with Crippen LogP contribution < -0.4 is 21.3 Å². The van der Waals surface area contributed by atoms with Crippen LogP contribution in [0, 0.1) is 22.7 Å². The number of hydrogen-bond acceptors (Lipinski definition) is 7. The number of nitrogens with one attached hydrogen (secondary N) is 4. The van der Waals surface area contributed by atoms with Gasteiger partial charge in [-0.2, -0.15) is 0 Å². The number of nitrogens with zero attached hydrogens (tertiary/aromatic N) is 1. The van der Waals surface area contributed by atoms with E-state index in [-0.39, 0.29) is 30.2 Å². The Hall–Kier alpha value is -3.54. The summed E-state index contributed by atoms with van der Waals surface area (Å²) in [4.78, 5) is 83.3. The van der Waals surface area contributed by atoms with E-state index in [1.54, 1.807) is 17.0 Å². The van der Waals surface area contributed by atoms with Gasteiger partial charge in [-0.3, -0.25) is 28.8 Å². The van der Waals surface area contributed by atoms with Crippen molar-refractivity contribution in [1.82, 2.24) is 26.2 Å². The molecule has 1 saturated heterocycles. The van der Waals surface area contributed by atoms with Crippen molar-refractivity contribution in [2.45, 2.75) is 117 Å². The van der Waals surface area contributed by atoms with E-state index in [1.165, 1.54) is 17.4 Å². The van der Waals surface area contributed by atoms with Crippen molar-refractivity contribution in [2.24, 2.45) is 22.7 Å². The van der Waals surface area contributed by atoms with Crippen LogP contribution in [0.15, 0.2) is 30.2 Å². The first kappa shape index (κ1) is 37.3. The first-order chi connectivity index (χ1) is 22.7. The van der Waals surface area contributed by atoms with Gasteiger partial charge in [0.25, 0.3) is 11.8 Å². The van der Waals surface area contributed by atoms with Crippen LogP contribution in [0.2, 0.25) is 0 Å². The minimum absolute atomic E-state index is 0.0548. The van der Waals surface area contributed by atoms with E-state index in [9.17, 15) is 28.8 Å². The molecule has 5 amide bonds. The van der Waals surface area contributed by atoms with Gasteiger partial charge in [0.05, 0.1) is 10.9 Å². The molecule has 2 aliphatic carbocycles. The van der Waals surface area contributed by atoms with E-state index in [0.717, 1.165) is 44.9 Å². The van der Waals surface area contributed by atoms with Crippen molar-refractivity contribution in [3.63, 3.8) is 0 Å². The lowest BCUT2D eigenvalue weighted by molar-refractivity contribution is -0.146. The number of unbranched alkanes of at least 4 members (excludes halogenated alkanes) is 1. The van der Waals surface area contributed by atoms with Gasteiger partial charge < -0.3 is 26.2 Å². The molecule has 1 aromatic heterocycles. The molecule has 1 aromatic rings. The maximum atomic E-state index is 14.4. The van der Waals surface area contributed by atoms with Crippen LogP contribution in [-0.2, 0) is 24.0 Å². The third-order valence-electron chi connectivity index (χ3n) is 10.2. The molecular formula is C36H53N5O6S. The number of fused-ring (bicyclic) bond motifs is 1. The Morgan fingerprint density at radius 2 is 1.79 bits per heavy atom. The van der Waals surface area contributed by atoms with E-state index >= 15 is 0 Å². The molecule has 3 fully saturated rings. The predicted molar refractivity (Wildman–Crippen MR) is 185 cm³/mol. The summed E-state index contributed by atoms with van der Waals surface area (Å²) in [5.41, 5.74) is -1.21. The van der Waals surface area contributed by atoms with Gasteiger partial charge in [-0.1, -0.05) is 78.9 Å². The molecule has 0 radical (unpaired) electrons. The molecular weight excluding hydrogens is 630 g/mol. The van der Waals surface area contributed by atoms with Crippen molar-refractivity contribution in [3.05, 3.63) is 35.0 Å². The molecule has 264 valence electrons. The molecule has 4 rings (SSSR count). The van der Waals surface area contributed by atoms with Crippen molar-refractivity contribution in [3.8, 4) is 0 Å². The number of rotatable bonds is 15. The minimum atomic E-state index is -1.01. The Morgan fingerprint density at radius 3 is 2.40 bits per heavy atom. The van der Waals surface area contributed by atoms with Crippen LogP contribution in [0.5, 0.6) is 0 Å². The molecule has 0 aromatic carbocycles. The lowest BCUT2D eigenvalue weighted by atomic mass is 9.70. The Morgan fingerprint density at radius 1 is 1.08 bits per heavy atom. The van der Waals surface area contributed by atoms with E-state index in [0.29, 0.717) is 24.3 Å². The van der Waals surface area contributed by atoms with Crippen LogP contribution >= 0.6 is 11.3 Å². The molecule has 1 aliphatic heterocycles. The number of thiophene rings is 1. The Bertz CT molecular complexity index is 1370. The fourth-order valence-electron chi connectivity index (χ4n) is 7.23. The molecule has 1 unspecified atom stereocenters. The van der Waals surface area contributed by atoms with Crippen molar-refractivity contribution >= 4 is 46.7 Å². The fraction of sp³-hybridized carbons (Fsp3) is 0.667. The van der Waals surface area contributed by atoms with E-state index in [1.807, 2.05) is 40.0 Å². The number of Topliss-reactive ketones (excluding diaryl/α,β-unsaturated/α-hetero) is 1. The van der Waals surface area contributed by atoms with Crippen molar-refractivity contribution < 1.29 is 28.8 Å². The number of amides is 5. The average Bonchev–Trinajstić information content (AvgIpc) is 3.41. The van der Waals surface area contributed by atoms with Gasteiger partial charge in [-0.15, -0.1) is 17.9 Å². The number of piperidine rings is 1. The van der Waals surface area contributed by atoms with Gasteiger partial charge in [0, 0.05) is 13.1 Å².